The smallest absolute Gasteiger partial charge is 0.418 e. The van der Waals surface area contributed by atoms with Crippen LogP contribution < -0.4 is 10.2 Å². The van der Waals surface area contributed by atoms with Crippen LogP contribution in [0.4, 0.5) is 23.8 Å². The van der Waals surface area contributed by atoms with Gasteiger partial charge in [0, 0.05) is 29.9 Å². The fourth-order valence-electron chi connectivity index (χ4n) is 3.74. The van der Waals surface area contributed by atoms with E-state index in [1.54, 1.807) is 0 Å². The SMILES string of the molecule is O=C(O)NC1CC2CCC(C1)N2c1ccc(C(O)C(F)(F)F)cn1. The normalized spacial score (nSPS) is 27.8. The van der Waals surface area contributed by atoms with Crippen LogP contribution in [-0.4, -0.2) is 45.6 Å². The molecule has 2 aliphatic rings. The van der Waals surface area contributed by atoms with Gasteiger partial charge < -0.3 is 20.4 Å². The van der Waals surface area contributed by atoms with Crippen molar-refractivity contribution >= 4 is 11.9 Å². The number of fused-ring (bicyclic) bond motifs is 2. The summed E-state index contributed by atoms with van der Waals surface area (Å²) in [5.74, 6) is 0.564. The molecule has 1 amide bonds. The number of nitrogens with zero attached hydrogens (tertiary/aromatic N) is 2. The van der Waals surface area contributed by atoms with Gasteiger partial charge >= 0.3 is 12.3 Å². The Kier molecular flexibility index (Phi) is 4.29. The molecule has 0 aliphatic carbocycles. The van der Waals surface area contributed by atoms with E-state index in [-0.39, 0.29) is 23.7 Å². The summed E-state index contributed by atoms with van der Waals surface area (Å²) in [6.07, 6.45) is -4.15. The van der Waals surface area contributed by atoms with Crippen LogP contribution in [0.15, 0.2) is 18.3 Å². The zero-order chi connectivity index (χ0) is 17.5. The standard InChI is InChI=1S/C15H18F3N3O3/c16-15(17,18)13(22)8-1-4-12(19-7-8)21-10-2-3-11(21)6-9(5-10)20-14(23)24/h1,4,7,9-11,13,20,22H,2-3,5-6H2,(H,23,24). The van der Waals surface area contributed by atoms with Gasteiger partial charge in [0.15, 0.2) is 6.10 Å². The van der Waals surface area contributed by atoms with Gasteiger partial charge in [-0.05, 0) is 31.7 Å². The minimum atomic E-state index is -4.72. The number of amides is 1. The number of anilines is 1. The van der Waals surface area contributed by atoms with E-state index in [0.717, 1.165) is 19.0 Å². The van der Waals surface area contributed by atoms with Gasteiger partial charge in [0.25, 0.3) is 0 Å². The maximum atomic E-state index is 12.5. The number of carboxylic acid groups (broad SMARTS) is 1. The average molecular weight is 345 g/mol. The highest BCUT2D eigenvalue weighted by Gasteiger charge is 2.42. The van der Waals surface area contributed by atoms with Gasteiger partial charge in [-0.1, -0.05) is 6.07 Å². The predicted octanol–water partition coefficient (Wildman–Crippen LogP) is 2.44. The minimum Gasteiger partial charge on any atom is -0.465 e. The predicted molar refractivity (Wildman–Crippen MR) is 78.7 cm³/mol. The Morgan fingerprint density at radius 1 is 1.29 bits per heavy atom. The second kappa shape index (κ2) is 6.12. The molecule has 3 atom stereocenters. The summed E-state index contributed by atoms with van der Waals surface area (Å²) in [6, 6.07) is 2.85. The molecule has 2 saturated heterocycles. The highest BCUT2D eigenvalue weighted by molar-refractivity contribution is 5.65. The van der Waals surface area contributed by atoms with Crippen LogP contribution in [-0.2, 0) is 0 Å². The summed E-state index contributed by atoms with van der Waals surface area (Å²) in [4.78, 5) is 16.9. The van der Waals surface area contributed by atoms with E-state index in [9.17, 15) is 23.1 Å². The van der Waals surface area contributed by atoms with Crippen LogP contribution >= 0.6 is 0 Å². The number of aliphatic hydroxyl groups excluding tert-OH is 1. The molecule has 9 heteroatoms. The Bertz CT molecular complexity index is 594. The fourth-order valence-corrected chi connectivity index (χ4v) is 3.74. The molecule has 2 aliphatic heterocycles. The van der Waals surface area contributed by atoms with Gasteiger partial charge in [-0.3, -0.25) is 0 Å². The second-order valence-corrected chi connectivity index (χ2v) is 6.30. The monoisotopic (exact) mass is 345 g/mol. The first-order valence-corrected chi connectivity index (χ1v) is 7.74. The molecule has 3 unspecified atom stereocenters. The maximum Gasteiger partial charge on any atom is 0.418 e. The molecular formula is C15H18F3N3O3. The van der Waals surface area contributed by atoms with E-state index in [2.05, 4.69) is 15.2 Å². The number of rotatable bonds is 3. The topological polar surface area (TPSA) is 85.7 Å². The van der Waals surface area contributed by atoms with Gasteiger partial charge in [-0.25, -0.2) is 9.78 Å². The molecule has 1 aromatic heterocycles. The van der Waals surface area contributed by atoms with Crippen LogP contribution in [0.25, 0.3) is 0 Å². The zero-order valence-corrected chi connectivity index (χ0v) is 12.7. The van der Waals surface area contributed by atoms with Crippen molar-refractivity contribution in [3.8, 4) is 0 Å². The number of carbonyl (C=O) groups is 1. The molecule has 0 aromatic carbocycles. The molecule has 0 radical (unpaired) electrons. The Morgan fingerprint density at radius 2 is 1.92 bits per heavy atom. The number of hydrogen-bond acceptors (Lipinski definition) is 4. The van der Waals surface area contributed by atoms with Gasteiger partial charge in [0.05, 0.1) is 0 Å². The van der Waals surface area contributed by atoms with Crippen LogP contribution in [0.5, 0.6) is 0 Å². The Balaban J connectivity index is 1.73. The number of hydrogen-bond donors (Lipinski definition) is 3. The zero-order valence-electron chi connectivity index (χ0n) is 12.7. The first-order valence-electron chi connectivity index (χ1n) is 7.74. The molecule has 24 heavy (non-hydrogen) atoms. The maximum absolute atomic E-state index is 12.5. The van der Waals surface area contributed by atoms with E-state index < -0.39 is 18.4 Å². The van der Waals surface area contributed by atoms with Crippen LogP contribution in [0, 0.1) is 0 Å². The number of aliphatic hydroxyl groups is 1. The molecule has 1 aromatic rings. The third-order valence-electron chi connectivity index (χ3n) is 4.72. The molecule has 0 saturated carbocycles. The van der Waals surface area contributed by atoms with Crippen LogP contribution in [0.3, 0.4) is 0 Å². The van der Waals surface area contributed by atoms with Crippen LogP contribution in [0.1, 0.15) is 37.4 Å². The summed E-state index contributed by atoms with van der Waals surface area (Å²) in [7, 11) is 0. The van der Waals surface area contributed by atoms with Gasteiger partial charge in [-0.2, -0.15) is 13.2 Å². The van der Waals surface area contributed by atoms with Crippen molar-refractivity contribution in [2.75, 3.05) is 4.90 Å². The molecule has 3 rings (SSSR count). The first kappa shape index (κ1) is 16.8. The quantitative estimate of drug-likeness (QED) is 0.783. The van der Waals surface area contributed by atoms with Crippen molar-refractivity contribution in [1.82, 2.24) is 10.3 Å². The summed E-state index contributed by atoms with van der Waals surface area (Å²) in [6.45, 7) is 0. The third kappa shape index (κ3) is 3.26. The Morgan fingerprint density at radius 3 is 2.38 bits per heavy atom. The van der Waals surface area contributed by atoms with Crippen molar-refractivity contribution < 1.29 is 28.2 Å². The van der Waals surface area contributed by atoms with Crippen molar-refractivity contribution in [2.45, 2.75) is 56.1 Å². The second-order valence-electron chi connectivity index (χ2n) is 6.30. The molecule has 3 heterocycles. The Labute approximate surface area is 136 Å². The van der Waals surface area contributed by atoms with E-state index >= 15 is 0 Å². The lowest BCUT2D eigenvalue weighted by Crippen LogP contribution is -2.50. The van der Waals surface area contributed by atoms with Crippen LogP contribution in [0.2, 0.25) is 0 Å². The number of aromatic nitrogens is 1. The molecule has 2 bridgehead atoms. The van der Waals surface area contributed by atoms with E-state index in [1.807, 2.05) is 0 Å². The van der Waals surface area contributed by atoms with Crippen molar-refractivity contribution in [2.24, 2.45) is 0 Å². The highest BCUT2D eigenvalue weighted by atomic mass is 19.4. The number of pyridine rings is 1. The number of halogens is 3. The Hall–Kier alpha value is -2.03. The van der Waals surface area contributed by atoms with Crippen molar-refractivity contribution in [3.05, 3.63) is 23.9 Å². The summed E-state index contributed by atoms with van der Waals surface area (Å²) < 4.78 is 37.6. The molecule has 0 spiro atoms. The molecule has 3 N–H and O–H groups in total. The van der Waals surface area contributed by atoms with Gasteiger partial charge in [0.1, 0.15) is 5.82 Å². The van der Waals surface area contributed by atoms with Crippen molar-refractivity contribution in [3.63, 3.8) is 0 Å². The number of nitrogens with one attached hydrogen (secondary N) is 1. The number of alkyl halides is 3. The van der Waals surface area contributed by atoms with Gasteiger partial charge in [-0.15, -0.1) is 0 Å². The lowest BCUT2D eigenvalue weighted by atomic mass is 9.97. The lowest BCUT2D eigenvalue weighted by Gasteiger charge is -2.39. The number of piperidine rings is 1. The summed E-state index contributed by atoms with van der Waals surface area (Å²) in [5.41, 5.74) is -0.291. The van der Waals surface area contributed by atoms with E-state index in [4.69, 9.17) is 5.11 Å². The largest absolute Gasteiger partial charge is 0.465 e. The molecule has 6 nitrogen and oxygen atoms in total. The fraction of sp³-hybridized carbons (Fsp3) is 0.600. The highest BCUT2D eigenvalue weighted by Crippen LogP contribution is 2.39. The van der Waals surface area contributed by atoms with E-state index in [0.29, 0.717) is 18.7 Å². The third-order valence-corrected chi connectivity index (χ3v) is 4.72. The van der Waals surface area contributed by atoms with Crippen molar-refractivity contribution in [1.29, 1.82) is 0 Å². The molecular weight excluding hydrogens is 327 g/mol. The molecule has 132 valence electrons. The van der Waals surface area contributed by atoms with E-state index in [1.165, 1.54) is 12.1 Å². The average Bonchev–Trinajstić information content (AvgIpc) is 2.76. The summed E-state index contributed by atoms with van der Waals surface area (Å²) in [5, 5.41) is 20.6. The molecule has 2 fully saturated rings. The first-order chi connectivity index (χ1) is 11.3. The lowest BCUT2D eigenvalue weighted by molar-refractivity contribution is -0.206. The minimum absolute atomic E-state index is 0.109. The van der Waals surface area contributed by atoms with Gasteiger partial charge in [0.2, 0.25) is 0 Å². The summed E-state index contributed by atoms with van der Waals surface area (Å²) >= 11 is 0.